The SMILES string of the molecule is N#Cc1cccc(C(OI)C(F)(F)F)c1. The lowest BCUT2D eigenvalue weighted by molar-refractivity contribution is -0.189. The third-order valence-corrected chi connectivity index (χ3v) is 2.21. The molecule has 1 rings (SSSR count). The summed E-state index contributed by atoms with van der Waals surface area (Å²) in [7, 11) is 0. The smallest absolute Gasteiger partial charge is 0.298 e. The summed E-state index contributed by atoms with van der Waals surface area (Å²) in [4.78, 5) is 0. The van der Waals surface area contributed by atoms with E-state index in [2.05, 4.69) is 3.07 Å². The van der Waals surface area contributed by atoms with E-state index >= 15 is 0 Å². The lowest BCUT2D eigenvalue weighted by atomic mass is 10.1. The van der Waals surface area contributed by atoms with E-state index in [4.69, 9.17) is 5.26 Å². The Balaban J connectivity index is 3.09. The molecule has 0 amide bonds. The first-order valence-electron chi connectivity index (χ1n) is 3.83. The topological polar surface area (TPSA) is 33.0 Å². The van der Waals surface area contributed by atoms with Gasteiger partial charge < -0.3 is 0 Å². The second-order valence-electron chi connectivity index (χ2n) is 2.75. The third kappa shape index (κ3) is 3.07. The van der Waals surface area contributed by atoms with E-state index in [1.54, 1.807) is 6.07 Å². The lowest BCUT2D eigenvalue weighted by Crippen LogP contribution is -2.20. The number of alkyl halides is 3. The van der Waals surface area contributed by atoms with Crippen molar-refractivity contribution >= 4 is 23.0 Å². The Kier molecular flexibility index (Phi) is 3.93. The van der Waals surface area contributed by atoms with Crippen molar-refractivity contribution in [3.8, 4) is 6.07 Å². The molecule has 0 aliphatic heterocycles. The highest BCUT2D eigenvalue weighted by Gasteiger charge is 2.41. The molecule has 0 spiro atoms. The lowest BCUT2D eigenvalue weighted by Gasteiger charge is -2.17. The molecule has 0 radical (unpaired) electrons. The fourth-order valence-electron chi connectivity index (χ4n) is 1.06. The Morgan fingerprint density at radius 2 is 2.07 bits per heavy atom. The minimum atomic E-state index is -4.48. The molecule has 0 bridgehead atoms. The zero-order chi connectivity index (χ0) is 11.5. The van der Waals surface area contributed by atoms with Crippen LogP contribution in [0.3, 0.4) is 0 Å². The van der Waals surface area contributed by atoms with Gasteiger partial charge in [0.05, 0.1) is 11.6 Å². The van der Waals surface area contributed by atoms with Gasteiger partial charge in [0.2, 0.25) is 0 Å². The molecule has 0 aliphatic rings. The number of rotatable bonds is 2. The van der Waals surface area contributed by atoms with Crippen molar-refractivity contribution in [1.82, 2.24) is 0 Å². The fourth-order valence-corrected chi connectivity index (χ4v) is 1.64. The van der Waals surface area contributed by atoms with Crippen LogP contribution in [-0.4, -0.2) is 6.18 Å². The van der Waals surface area contributed by atoms with Crippen molar-refractivity contribution in [3.63, 3.8) is 0 Å². The fraction of sp³-hybridized carbons (Fsp3) is 0.222. The van der Waals surface area contributed by atoms with Gasteiger partial charge in [0.1, 0.15) is 23.0 Å². The first kappa shape index (κ1) is 12.3. The van der Waals surface area contributed by atoms with E-state index in [1.807, 2.05) is 0 Å². The number of hydrogen-bond acceptors (Lipinski definition) is 2. The van der Waals surface area contributed by atoms with Crippen LogP contribution in [0, 0.1) is 11.3 Å². The molecule has 80 valence electrons. The molecule has 0 fully saturated rings. The zero-order valence-corrected chi connectivity index (χ0v) is 9.41. The van der Waals surface area contributed by atoms with E-state index in [0.29, 0.717) is 0 Å². The highest BCUT2D eigenvalue weighted by Crippen LogP contribution is 2.37. The van der Waals surface area contributed by atoms with Gasteiger partial charge in [-0.1, -0.05) is 12.1 Å². The standard InChI is InChI=1S/C9H5F3INO/c10-9(11,12)8(15-13)7-3-1-2-6(4-7)5-14/h1-4,8H. The summed E-state index contributed by atoms with van der Waals surface area (Å²) in [6.07, 6.45) is -6.47. The molecular weight excluding hydrogens is 322 g/mol. The molecule has 2 nitrogen and oxygen atoms in total. The number of nitriles is 1. The van der Waals surface area contributed by atoms with Gasteiger partial charge in [0.25, 0.3) is 0 Å². The first-order valence-corrected chi connectivity index (χ1v) is 4.71. The highest BCUT2D eigenvalue weighted by atomic mass is 127. The molecule has 0 aromatic heterocycles. The molecule has 0 heterocycles. The third-order valence-electron chi connectivity index (χ3n) is 1.70. The molecule has 0 aliphatic carbocycles. The second kappa shape index (κ2) is 4.81. The summed E-state index contributed by atoms with van der Waals surface area (Å²) < 4.78 is 41.6. The number of benzene rings is 1. The summed E-state index contributed by atoms with van der Waals surface area (Å²) >= 11 is 1.20. The molecule has 0 saturated heterocycles. The Labute approximate surface area is 98.3 Å². The molecular formula is C9H5F3INO. The van der Waals surface area contributed by atoms with Crippen molar-refractivity contribution in [2.45, 2.75) is 12.3 Å². The predicted molar refractivity (Wildman–Crippen MR) is 55.1 cm³/mol. The van der Waals surface area contributed by atoms with Crippen LogP contribution in [0.15, 0.2) is 24.3 Å². The van der Waals surface area contributed by atoms with Crippen LogP contribution in [0.25, 0.3) is 0 Å². The van der Waals surface area contributed by atoms with Gasteiger partial charge in [-0.15, -0.1) is 0 Å². The Bertz CT molecular complexity index is 386. The van der Waals surface area contributed by atoms with Crippen LogP contribution in [0.1, 0.15) is 17.2 Å². The van der Waals surface area contributed by atoms with E-state index in [0.717, 1.165) is 6.07 Å². The molecule has 0 N–H and O–H groups in total. The van der Waals surface area contributed by atoms with Gasteiger partial charge in [0.15, 0.2) is 6.10 Å². The Morgan fingerprint density at radius 3 is 2.53 bits per heavy atom. The van der Waals surface area contributed by atoms with Crippen molar-refractivity contribution < 1.29 is 16.2 Å². The van der Waals surface area contributed by atoms with Crippen LogP contribution in [0.5, 0.6) is 0 Å². The molecule has 1 aromatic rings. The summed E-state index contributed by atoms with van der Waals surface area (Å²) in [5.41, 5.74) is 0.103. The largest absolute Gasteiger partial charge is 0.419 e. The quantitative estimate of drug-likeness (QED) is 0.779. The van der Waals surface area contributed by atoms with E-state index in [-0.39, 0.29) is 11.1 Å². The van der Waals surface area contributed by atoms with Crippen LogP contribution in [-0.2, 0) is 3.07 Å². The highest BCUT2D eigenvalue weighted by molar-refractivity contribution is 14.1. The monoisotopic (exact) mass is 327 g/mol. The maximum Gasteiger partial charge on any atom is 0.419 e. The molecule has 1 aromatic carbocycles. The second-order valence-corrected chi connectivity index (χ2v) is 3.26. The Morgan fingerprint density at radius 1 is 1.40 bits per heavy atom. The zero-order valence-electron chi connectivity index (χ0n) is 7.25. The molecule has 1 unspecified atom stereocenters. The molecule has 0 saturated carbocycles. The van der Waals surface area contributed by atoms with Crippen molar-refractivity contribution in [2.75, 3.05) is 0 Å². The Hall–Kier alpha value is -0.810. The average molecular weight is 327 g/mol. The van der Waals surface area contributed by atoms with Gasteiger partial charge in [0, 0.05) is 0 Å². The summed E-state index contributed by atoms with van der Waals surface area (Å²) in [5, 5.41) is 8.55. The van der Waals surface area contributed by atoms with Crippen LogP contribution < -0.4 is 0 Å². The van der Waals surface area contributed by atoms with E-state index < -0.39 is 12.3 Å². The molecule has 6 heteroatoms. The maximum absolute atomic E-state index is 12.4. The van der Waals surface area contributed by atoms with Gasteiger partial charge in [-0.3, -0.25) is 3.07 Å². The van der Waals surface area contributed by atoms with Crippen LogP contribution >= 0.6 is 23.0 Å². The van der Waals surface area contributed by atoms with Crippen LogP contribution in [0.2, 0.25) is 0 Å². The van der Waals surface area contributed by atoms with Gasteiger partial charge >= 0.3 is 6.18 Å². The summed E-state index contributed by atoms with van der Waals surface area (Å²) in [6.45, 7) is 0. The first-order chi connectivity index (χ1) is 6.99. The summed E-state index contributed by atoms with van der Waals surface area (Å²) in [5.74, 6) is 0. The average Bonchev–Trinajstić information content (AvgIpc) is 2.17. The number of nitrogens with zero attached hydrogens (tertiary/aromatic N) is 1. The van der Waals surface area contributed by atoms with Gasteiger partial charge in [-0.05, 0) is 17.7 Å². The summed E-state index contributed by atoms with van der Waals surface area (Å²) in [6, 6.07) is 7.04. The van der Waals surface area contributed by atoms with Crippen molar-refractivity contribution in [2.24, 2.45) is 0 Å². The van der Waals surface area contributed by atoms with Crippen molar-refractivity contribution in [1.29, 1.82) is 5.26 Å². The maximum atomic E-state index is 12.4. The van der Waals surface area contributed by atoms with Crippen LogP contribution in [0.4, 0.5) is 13.2 Å². The van der Waals surface area contributed by atoms with Crippen molar-refractivity contribution in [3.05, 3.63) is 35.4 Å². The normalized spacial score (nSPS) is 13.3. The number of hydrogen-bond donors (Lipinski definition) is 0. The minimum Gasteiger partial charge on any atom is -0.298 e. The minimum absolute atomic E-state index is 0.0732. The molecule has 15 heavy (non-hydrogen) atoms. The number of halogens is 4. The molecule has 1 atom stereocenters. The van der Waals surface area contributed by atoms with E-state index in [1.165, 1.54) is 41.2 Å². The van der Waals surface area contributed by atoms with Gasteiger partial charge in [-0.2, -0.15) is 18.4 Å². The predicted octanol–water partition coefficient (Wildman–Crippen LogP) is 3.53. The van der Waals surface area contributed by atoms with Gasteiger partial charge in [-0.25, -0.2) is 0 Å². The van der Waals surface area contributed by atoms with E-state index in [9.17, 15) is 13.2 Å².